The van der Waals surface area contributed by atoms with Gasteiger partial charge in [0, 0.05) is 16.4 Å². The Morgan fingerprint density at radius 3 is 2.29 bits per heavy atom. The zero-order valence-corrected chi connectivity index (χ0v) is 11.3. The highest BCUT2D eigenvalue weighted by molar-refractivity contribution is 8.21. The van der Waals surface area contributed by atoms with Crippen LogP contribution in [0.5, 0.6) is 0 Å². The number of rotatable bonds is 5. The molecule has 1 aromatic rings. The fourth-order valence-corrected chi connectivity index (χ4v) is 2.33. The fraction of sp³-hybridized carbons (Fsp3) is 0.167. The molecular weight excluding hydrogens is 254 g/mol. The van der Waals surface area contributed by atoms with Crippen LogP contribution in [0.1, 0.15) is 5.56 Å². The molecule has 0 aliphatic carbocycles. The summed E-state index contributed by atoms with van der Waals surface area (Å²) in [6, 6.07) is 9.28. The molecule has 0 amide bonds. The lowest BCUT2D eigenvalue weighted by Gasteiger charge is -1.98. The minimum Gasteiger partial charge on any atom is -0.258 e. The smallest absolute Gasteiger partial charge is 0.258 e. The van der Waals surface area contributed by atoms with E-state index < -0.39 is 0 Å². The summed E-state index contributed by atoms with van der Waals surface area (Å²) in [7, 11) is 0. The van der Waals surface area contributed by atoms with Crippen molar-refractivity contribution in [2.24, 2.45) is 0 Å². The molecule has 0 fully saturated rings. The lowest BCUT2D eigenvalue weighted by Crippen LogP contribution is -1.95. The van der Waals surface area contributed by atoms with Crippen molar-refractivity contribution in [2.75, 3.05) is 12.5 Å². The maximum absolute atomic E-state index is 10.9. The molecule has 0 saturated carbocycles. The van der Waals surface area contributed by atoms with Crippen LogP contribution in [0.2, 0.25) is 0 Å². The first-order chi connectivity index (χ1) is 8.17. The number of nitro groups is 1. The summed E-state index contributed by atoms with van der Waals surface area (Å²) in [6.07, 6.45) is 6.99. The highest BCUT2D eigenvalue weighted by atomic mass is 32.2. The number of hydrogen-bond acceptors (Lipinski definition) is 4. The summed E-state index contributed by atoms with van der Waals surface area (Å²) >= 11 is 3.01. The first kappa shape index (κ1) is 13.9. The van der Waals surface area contributed by atoms with Crippen LogP contribution in [0, 0.1) is 10.1 Å². The highest BCUT2D eigenvalue weighted by Gasteiger charge is 2.08. The van der Waals surface area contributed by atoms with Gasteiger partial charge in [-0.15, -0.1) is 23.5 Å². The second kappa shape index (κ2) is 7.19. The molecular formula is C12H13NO2S2. The third-order valence-corrected chi connectivity index (χ3v) is 4.03. The molecule has 0 N–H and O–H groups in total. The maximum Gasteiger partial charge on any atom is 0.271 e. The van der Waals surface area contributed by atoms with E-state index in [4.69, 9.17) is 0 Å². The minimum absolute atomic E-state index is 0.106. The molecule has 0 atom stereocenters. The van der Waals surface area contributed by atoms with E-state index in [0.29, 0.717) is 0 Å². The van der Waals surface area contributed by atoms with Gasteiger partial charge in [-0.1, -0.05) is 30.3 Å². The van der Waals surface area contributed by atoms with Crippen molar-refractivity contribution in [3.63, 3.8) is 0 Å². The van der Waals surface area contributed by atoms with Gasteiger partial charge >= 0.3 is 0 Å². The predicted molar refractivity (Wildman–Crippen MR) is 76.5 cm³/mol. The number of benzene rings is 1. The molecule has 0 aliphatic heterocycles. The monoisotopic (exact) mass is 267 g/mol. The van der Waals surface area contributed by atoms with Gasteiger partial charge in [-0.3, -0.25) is 10.1 Å². The standard InChI is InChI=1S/C12H13NO2S2/c1-16-12(17-2)9-11(13(14)15)8-10-6-4-3-5-7-10/h3-9H,1-2H3/b11-8+. The molecule has 0 aromatic heterocycles. The van der Waals surface area contributed by atoms with E-state index in [0.717, 1.165) is 9.80 Å². The van der Waals surface area contributed by atoms with Crippen molar-refractivity contribution in [1.82, 2.24) is 0 Å². The molecule has 0 spiro atoms. The molecule has 5 heteroatoms. The Bertz CT molecular complexity index is 435. The van der Waals surface area contributed by atoms with E-state index in [2.05, 4.69) is 0 Å². The average molecular weight is 267 g/mol. The molecule has 3 nitrogen and oxygen atoms in total. The van der Waals surface area contributed by atoms with Crippen LogP contribution < -0.4 is 0 Å². The van der Waals surface area contributed by atoms with E-state index >= 15 is 0 Å². The van der Waals surface area contributed by atoms with E-state index in [1.54, 1.807) is 12.2 Å². The van der Waals surface area contributed by atoms with E-state index in [1.807, 2.05) is 42.8 Å². The van der Waals surface area contributed by atoms with Gasteiger partial charge in [-0.2, -0.15) is 0 Å². The lowest BCUT2D eigenvalue weighted by atomic mass is 10.2. The molecule has 1 rings (SSSR count). The number of hydrogen-bond donors (Lipinski definition) is 0. The SMILES string of the molecule is CSC(=C/C(=C\c1ccccc1)[N+](=O)[O-])SC. The van der Waals surface area contributed by atoms with Crippen molar-refractivity contribution in [2.45, 2.75) is 0 Å². The van der Waals surface area contributed by atoms with Crippen LogP contribution in [0.3, 0.4) is 0 Å². The summed E-state index contributed by atoms with van der Waals surface area (Å²) in [5, 5.41) is 10.9. The van der Waals surface area contributed by atoms with Crippen molar-refractivity contribution in [1.29, 1.82) is 0 Å². The Labute approximate surface area is 109 Å². The van der Waals surface area contributed by atoms with Gasteiger partial charge in [-0.05, 0) is 18.1 Å². The first-order valence-electron chi connectivity index (χ1n) is 4.88. The van der Waals surface area contributed by atoms with Crippen molar-refractivity contribution in [3.05, 3.63) is 62.0 Å². The topological polar surface area (TPSA) is 43.1 Å². The summed E-state index contributed by atoms with van der Waals surface area (Å²) in [4.78, 5) is 10.6. The Kier molecular flexibility index (Phi) is 5.86. The Morgan fingerprint density at radius 1 is 1.24 bits per heavy atom. The fourth-order valence-electron chi connectivity index (χ4n) is 1.19. The summed E-state index contributed by atoms with van der Waals surface area (Å²) in [5.74, 6) is 0. The third kappa shape index (κ3) is 4.66. The lowest BCUT2D eigenvalue weighted by molar-refractivity contribution is -0.417. The molecule has 17 heavy (non-hydrogen) atoms. The Morgan fingerprint density at radius 2 is 1.82 bits per heavy atom. The van der Waals surface area contributed by atoms with Gasteiger partial charge in [0.15, 0.2) is 0 Å². The zero-order chi connectivity index (χ0) is 12.7. The molecule has 1 aromatic carbocycles. The third-order valence-electron chi connectivity index (χ3n) is 1.99. The van der Waals surface area contributed by atoms with Gasteiger partial charge in [0.2, 0.25) is 0 Å². The van der Waals surface area contributed by atoms with Crippen LogP contribution in [-0.2, 0) is 0 Å². The molecule has 0 heterocycles. The van der Waals surface area contributed by atoms with Crippen LogP contribution in [-0.4, -0.2) is 17.4 Å². The van der Waals surface area contributed by atoms with Crippen LogP contribution >= 0.6 is 23.5 Å². The molecule has 0 bridgehead atoms. The largest absolute Gasteiger partial charge is 0.271 e. The minimum atomic E-state index is -0.362. The van der Waals surface area contributed by atoms with Crippen LogP contribution in [0.25, 0.3) is 6.08 Å². The predicted octanol–water partition coefficient (Wildman–Crippen LogP) is 3.87. The molecule has 0 aliphatic rings. The number of allylic oxidation sites excluding steroid dienone is 1. The second-order valence-corrected chi connectivity index (χ2v) is 5.06. The molecule has 0 unspecified atom stereocenters. The Hall–Kier alpha value is -1.20. The average Bonchev–Trinajstić information content (AvgIpc) is 2.35. The van der Waals surface area contributed by atoms with Crippen LogP contribution in [0.4, 0.5) is 0 Å². The second-order valence-electron chi connectivity index (χ2n) is 3.11. The van der Waals surface area contributed by atoms with E-state index in [9.17, 15) is 10.1 Å². The normalized spacial score (nSPS) is 11.1. The Balaban J connectivity index is 3.06. The number of nitrogens with zero attached hydrogens (tertiary/aromatic N) is 1. The zero-order valence-electron chi connectivity index (χ0n) is 9.62. The molecule has 0 radical (unpaired) electrons. The van der Waals surface area contributed by atoms with Gasteiger partial charge < -0.3 is 0 Å². The summed E-state index contributed by atoms with van der Waals surface area (Å²) in [5.41, 5.74) is 0.937. The van der Waals surface area contributed by atoms with Gasteiger partial charge in [0.05, 0.1) is 4.92 Å². The van der Waals surface area contributed by atoms with Gasteiger partial charge in [-0.25, -0.2) is 0 Å². The van der Waals surface area contributed by atoms with E-state index in [1.165, 1.54) is 23.5 Å². The van der Waals surface area contributed by atoms with Crippen molar-refractivity contribution < 1.29 is 4.92 Å². The molecule has 0 saturated heterocycles. The maximum atomic E-state index is 10.9. The summed E-state index contributed by atoms with van der Waals surface area (Å²) in [6.45, 7) is 0. The van der Waals surface area contributed by atoms with Crippen molar-refractivity contribution >= 4 is 29.6 Å². The van der Waals surface area contributed by atoms with Gasteiger partial charge in [0.1, 0.15) is 0 Å². The molecule has 90 valence electrons. The highest BCUT2D eigenvalue weighted by Crippen LogP contribution is 2.25. The van der Waals surface area contributed by atoms with Crippen LogP contribution in [0.15, 0.2) is 46.3 Å². The van der Waals surface area contributed by atoms with Crippen molar-refractivity contribution in [3.8, 4) is 0 Å². The number of thioether (sulfide) groups is 2. The van der Waals surface area contributed by atoms with E-state index in [-0.39, 0.29) is 10.6 Å². The quantitative estimate of drug-likeness (QED) is 0.461. The summed E-state index contributed by atoms with van der Waals surface area (Å²) < 4.78 is 0.920. The van der Waals surface area contributed by atoms with Gasteiger partial charge in [0.25, 0.3) is 5.70 Å². The first-order valence-corrected chi connectivity index (χ1v) is 7.33.